The highest BCUT2D eigenvalue weighted by Gasteiger charge is 2.21. The number of amides is 1. The molecule has 0 saturated carbocycles. The van der Waals surface area contributed by atoms with E-state index in [1.807, 2.05) is 13.1 Å². The van der Waals surface area contributed by atoms with Gasteiger partial charge >= 0.3 is 0 Å². The van der Waals surface area contributed by atoms with Crippen molar-refractivity contribution in [1.29, 1.82) is 0 Å². The van der Waals surface area contributed by atoms with Gasteiger partial charge in [-0.3, -0.25) is 4.79 Å². The van der Waals surface area contributed by atoms with Crippen LogP contribution < -0.4 is 0 Å². The smallest absolute Gasteiger partial charge is 0.222 e. The number of aromatic nitrogens is 1. The minimum atomic E-state index is 0.188. The summed E-state index contributed by atoms with van der Waals surface area (Å²) in [6, 6.07) is 2.51. The summed E-state index contributed by atoms with van der Waals surface area (Å²) in [6.45, 7) is 5.82. The van der Waals surface area contributed by atoms with Crippen LogP contribution in [0.2, 0.25) is 0 Å². The fourth-order valence-corrected chi connectivity index (χ4v) is 3.00. The Morgan fingerprint density at radius 3 is 2.91 bits per heavy atom. The van der Waals surface area contributed by atoms with Gasteiger partial charge in [-0.15, -0.1) is 0 Å². The second-order valence-corrected chi connectivity index (χ2v) is 6.79. The Hall–Kier alpha value is -1.36. The Morgan fingerprint density at radius 2 is 2.27 bits per heavy atom. The average Bonchev–Trinajstić information content (AvgIpc) is 2.94. The van der Waals surface area contributed by atoms with E-state index in [9.17, 15) is 4.79 Å². The molecule has 1 aliphatic heterocycles. The fraction of sp³-hybridized carbons (Fsp3) is 0.765. The lowest BCUT2D eigenvalue weighted by Crippen LogP contribution is -2.37. The maximum atomic E-state index is 12.3. The maximum absolute atomic E-state index is 12.3. The first-order chi connectivity index (χ1) is 10.5. The molecule has 1 fully saturated rings. The zero-order chi connectivity index (χ0) is 16.1. The summed E-state index contributed by atoms with van der Waals surface area (Å²) in [4.78, 5) is 16.4. The van der Waals surface area contributed by atoms with Crippen molar-refractivity contribution in [2.24, 2.45) is 0 Å². The van der Waals surface area contributed by atoms with Gasteiger partial charge in [0.1, 0.15) is 11.5 Å². The molecule has 0 spiro atoms. The molecule has 0 N–H and O–H groups in total. The summed E-state index contributed by atoms with van der Waals surface area (Å²) in [5.74, 6) is 1.39. The van der Waals surface area contributed by atoms with Crippen molar-refractivity contribution in [3.63, 3.8) is 0 Å². The number of carbonyl (C=O) groups excluding carboxylic acids is 1. The van der Waals surface area contributed by atoms with Crippen LogP contribution in [0.15, 0.2) is 10.6 Å². The van der Waals surface area contributed by atoms with Crippen LogP contribution in [0.25, 0.3) is 0 Å². The predicted octanol–water partition coefficient (Wildman–Crippen LogP) is 3.02. The van der Waals surface area contributed by atoms with Crippen LogP contribution in [0.3, 0.4) is 0 Å². The average molecular weight is 307 g/mol. The first-order valence-corrected chi connectivity index (χ1v) is 8.37. The van der Waals surface area contributed by atoms with E-state index >= 15 is 0 Å². The van der Waals surface area contributed by atoms with E-state index in [0.717, 1.165) is 24.4 Å². The van der Waals surface area contributed by atoms with Crippen LogP contribution >= 0.6 is 0 Å². The third-order valence-corrected chi connectivity index (χ3v) is 4.58. The summed E-state index contributed by atoms with van der Waals surface area (Å²) < 4.78 is 5.28. The first kappa shape index (κ1) is 17.0. The van der Waals surface area contributed by atoms with Crippen LogP contribution in [0.4, 0.5) is 0 Å². The minimum absolute atomic E-state index is 0.188. The highest BCUT2D eigenvalue weighted by Crippen LogP contribution is 2.20. The van der Waals surface area contributed by atoms with E-state index in [4.69, 9.17) is 4.52 Å². The van der Waals surface area contributed by atoms with Gasteiger partial charge in [0.25, 0.3) is 0 Å². The molecule has 5 nitrogen and oxygen atoms in total. The molecule has 1 aromatic heterocycles. The van der Waals surface area contributed by atoms with E-state index in [1.165, 1.54) is 19.3 Å². The Balaban J connectivity index is 1.78. The molecular weight excluding hydrogens is 278 g/mol. The van der Waals surface area contributed by atoms with Crippen molar-refractivity contribution in [1.82, 2.24) is 15.0 Å². The standard InChI is InChI=1S/C17H29N3O2/c1-13(2)16-11-14(18-22-16)12-20(4)17(21)9-8-15-7-5-6-10-19(15)3/h11,13,15H,5-10,12H2,1-4H3/t15-/m0/s1. The zero-order valence-corrected chi connectivity index (χ0v) is 14.3. The van der Waals surface area contributed by atoms with Gasteiger partial charge in [0, 0.05) is 31.5 Å². The van der Waals surface area contributed by atoms with Gasteiger partial charge in [-0.05, 0) is 32.9 Å². The quantitative estimate of drug-likeness (QED) is 0.810. The zero-order valence-electron chi connectivity index (χ0n) is 14.3. The van der Waals surface area contributed by atoms with Crippen molar-refractivity contribution < 1.29 is 9.32 Å². The Morgan fingerprint density at radius 1 is 1.50 bits per heavy atom. The van der Waals surface area contributed by atoms with Crippen LogP contribution in [0.1, 0.15) is 63.3 Å². The van der Waals surface area contributed by atoms with Gasteiger partial charge in [-0.25, -0.2) is 0 Å². The molecule has 1 atom stereocenters. The summed E-state index contributed by atoms with van der Waals surface area (Å²) in [5, 5.41) is 4.04. The molecule has 0 aliphatic carbocycles. The van der Waals surface area contributed by atoms with Gasteiger partial charge in [0.05, 0.1) is 6.54 Å². The molecule has 2 rings (SSSR count). The van der Waals surface area contributed by atoms with Crippen LogP contribution in [0.5, 0.6) is 0 Å². The lowest BCUT2D eigenvalue weighted by atomic mass is 9.98. The van der Waals surface area contributed by atoms with Crippen molar-refractivity contribution in [2.45, 2.75) is 64.5 Å². The van der Waals surface area contributed by atoms with E-state index in [1.54, 1.807) is 4.90 Å². The summed E-state index contributed by atoms with van der Waals surface area (Å²) in [5.41, 5.74) is 0.828. The molecule has 0 unspecified atom stereocenters. The highest BCUT2D eigenvalue weighted by atomic mass is 16.5. The van der Waals surface area contributed by atoms with Crippen LogP contribution in [-0.2, 0) is 11.3 Å². The van der Waals surface area contributed by atoms with Gasteiger partial charge < -0.3 is 14.3 Å². The highest BCUT2D eigenvalue weighted by molar-refractivity contribution is 5.75. The van der Waals surface area contributed by atoms with Crippen LogP contribution in [0, 0.1) is 0 Å². The number of carbonyl (C=O) groups is 1. The van der Waals surface area contributed by atoms with Crippen molar-refractivity contribution in [3.05, 3.63) is 17.5 Å². The molecule has 2 heterocycles. The molecule has 0 radical (unpaired) electrons. The topological polar surface area (TPSA) is 49.6 Å². The number of hydrogen-bond donors (Lipinski definition) is 0. The fourth-order valence-electron chi connectivity index (χ4n) is 3.00. The summed E-state index contributed by atoms with van der Waals surface area (Å²) in [7, 11) is 4.01. The third kappa shape index (κ3) is 4.57. The van der Waals surface area contributed by atoms with Gasteiger partial charge in [-0.1, -0.05) is 25.4 Å². The largest absolute Gasteiger partial charge is 0.361 e. The molecule has 22 heavy (non-hydrogen) atoms. The third-order valence-electron chi connectivity index (χ3n) is 4.58. The minimum Gasteiger partial charge on any atom is -0.361 e. The maximum Gasteiger partial charge on any atom is 0.222 e. The number of hydrogen-bond acceptors (Lipinski definition) is 4. The molecule has 1 amide bonds. The second kappa shape index (κ2) is 7.77. The Kier molecular flexibility index (Phi) is 6.00. The normalized spacial score (nSPS) is 19.6. The summed E-state index contributed by atoms with van der Waals surface area (Å²) >= 11 is 0. The summed E-state index contributed by atoms with van der Waals surface area (Å²) in [6.07, 6.45) is 5.35. The SMILES string of the molecule is CC(C)c1cc(CN(C)C(=O)CC[C@@H]2CCCCN2C)no1. The Bertz CT molecular complexity index is 484. The lowest BCUT2D eigenvalue weighted by molar-refractivity contribution is -0.130. The molecule has 5 heteroatoms. The lowest BCUT2D eigenvalue weighted by Gasteiger charge is -2.32. The van der Waals surface area contributed by atoms with E-state index < -0.39 is 0 Å². The molecule has 1 aliphatic rings. The Labute approximate surface area is 133 Å². The van der Waals surface area contributed by atoms with Gasteiger partial charge in [0.2, 0.25) is 5.91 Å². The van der Waals surface area contributed by atoms with E-state index in [-0.39, 0.29) is 5.91 Å². The molecule has 0 bridgehead atoms. The van der Waals surface area contributed by atoms with Crippen molar-refractivity contribution >= 4 is 5.91 Å². The molecule has 0 aromatic carbocycles. The molecule has 1 aromatic rings. The second-order valence-electron chi connectivity index (χ2n) is 6.79. The number of likely N-dealkylation sites (tertiary alicyclic amines) is 1. The molecule has 1 saturated heterocycles. The molecular formula is C17H29N3O2. The van der Waals surface area contributed by atoms with Crippen molar-refractivity contribution in [2.75, 3.05) is 20.6 Å². The van der Waals surface area contributed by atoms with Crippen LogP contribution in [-0.4, -0.2) is 47.5 Å². The van der Waals surface area contributed by atoms with E-state index in [0.29, 0.717) is 24.9 Å². The van der Waals surface area contributed by atoms with Crippen molar-refractivity contribution in [3.8, 4) is 0 Å². The number of rotatable bonds is 6. The first-order valence-electron chi connectivity index (χ1n) is 8.37. The monoisotopic (exact) mass is 307 g/mol. The predicted molar refractivity (Wildman–Crippen MR) is 86.6 cm³/mol. The molecule has 124 valence electrons. The van der Waals surface area contributed by atoms with E-state index in [2.05, 4.69) is 31.0 Å². The van der Waals surface area contributed by atoms with Gasteiger partial charge in [0.15, 0.2) is 0 Å². The van der Waals surface area contributed by atoms with Gasteiger partial charge in [-0.2, -0.15) is 0 Å². The number of piperidine rings is 1. The number of nitrogens with zero attached hydrogens (tertiary/aromatic N) is 3.